The molecule has 4 radical (unpaired) electrons. The monoisotopic (exact) mass is 492 g/mol. The van der Waals surface area contributed by atoms with Crippen LogP contribution in [0, 0.1) is 11.8 Å². The maximum atomic E-state index is 9.76. The Morgan fingerprint density at radius 2 is 0.963 bits per heavy atom. The van der Waals surface area contributed by atoms with E-state index in [1.807, 2.05) is 0 Å². The molecular weight excluding hydrogens is 463 g/mol. The van der Waals surface area contributed by atoms with E-state index in [4.69, 9.17) is 0 Å². The van der Waals surface area contributed by atoms with Crippen molar-refractivity contribution in [2.45, 2.75) is 50.4 Å². The molecule has 0 aliphatic rings. The van der Waals surface area contributed by atoms with Gasteiger partial charge in [0, 0.05) is 0 Å². The Labute approximate surface area is 170 Å². The molecule has 0 aromatic heterocycles. The molecule has 0 heterocycles. The van der Waals surface area contributed by atoms with Crippen LogP contribution in [-0.2, 0) is 19.2 Å². The zero-order chi connectivity index (χ0) is 22.2. The molecule has 9 heteroatoms. The van der Waals surface area contributed by atoms with Crippen molar-refractivity contribution in [3.8, 4) is 0 Å². The fourth-order valence-electron chi connectivity index (χ4n) is 1.41. The van der Waals surface area contributed by atoms with Crippen molar-refractivity contribution in [3.63, 3.8) is 0 Å². The summed E-state index contributed by atoms with van der Waals surface area (Å²) in [5, 5.41) is 38.8. The van der Waals surface area contributed by atoms with Crippen molar-refractivity contribution >= 4 is 45.0 Å². The molecular formula is C18H28O8Sn. The number of carbonyl (C=O) groups is 4. The van der Waals surface area contributed by atoms with E-state index < -0.39 is 23.9 Å². The van der Waals surface area contributed by atoms with Crippen LogP contribution in [0.1, 0.15) is 41.5 Å². The van der Waals surface area contributed by atoms with Gasteiger partial charge in [-0.3, -0.25) is 0 Å². The Hall–Kier alpha value is -1.84. The number of aliphatic carboxylic acids is 4. The van der Waals surface area contributed by atoms with Crippen LogP contribution in [-0.4, -0.2) is 45.0 Å². The number of hydrogen-bond donors (Lipinski definition) is 0. The molecule has 0 aromatic carbocycles. The second-order valence-electron chi connectivity index (χ2n) is 6.59. The van der Waals surface area contributed by atoms with Crippen LogP contribution in [0.2, 0.25) is 8.87 Å². The zero-order valence-electron chi connectivity index (χ0n) is 16.7. The van der Waals surface area contributed by atoms with Gasteiger partial charge < -0.3 is 39.6 Å². The van der Waals surface area contributed by atoms with Gasteiger partial charge in [0.05, 0.1) is 23.9 Å². The number of carboxylic acid groups (broad SMARTS) is 4. The molecule has 0 aliphatic heterocycles. The van der Waals surface area contributed by atoms with Crippen LogP contribution < -0.4 is 20.4 Å². The van der Waals surface area contributed by atoms with Crippen LogP contribution >= 0.6 is 0 Å². The van der Waals surface area contributed by atoms with E-state index in [1.54, 1.807) is 8.87 Å². The van der Waals surface area contributed by atoms with Crippen LogP contribution in [0.3, 0.4) is 0 Å². The second-order valence-corrected chi connectivity index (χ2v) is 11.9. The summed E-state index contributed by atoms with van der Waals surface area (Å²) < 4.78 is 3.22. The molecule has 0 N–H and O–H groups in total. The molecule has 27 heavy (non-hydrogen) atoms. The van der Waals surface area contributed by atoms with Crippen LogP contribution in [0.15, 0.2) is 23.3 Å². The van der Waals surface area contributed by atoms with Gasteiger partial charge in [0.25, 0.3) is 0 Å². The first kappa shape index (κ1) is 29.9. The Bertz CT molecular complexity index is 500. The Morgan fingerprint density at radius 1 is 0.704 bits per heavy atom. The maximum absolute atomic E-state index is 9.76. The van der Waals surface area contributed by atoms with Gasteiger partial charge in [-0.1, -0.05) is 0 Å². The van der Waals surface area contributed by atoms with Crippen molar-refractivity contribution in [3.05, 3.63) is 23.3 Å². The summed E-state index contributed by atoms with van der Waals surface area (Å²) >= 11 is -0.245. The molecule has 0 saturated heterocycles. The van der Waals surface area contributed by atoms with E-state index in [1.165, 1.54) is 0 Å². The molecule has 0 bridgehead atoms. The molecule has 0 amide bonds. The van der Waals surface area contributed by atoms with E-state index in [2.05, 4.69) is 27.7 Å². The summed E-state index contributed by atoms with van der Waals surface area (Å²) in [7, 11) is 0. The Morgan fingerprint density at radius 3 is 1.07 bits per heavy atom. The van der Waals surface area contributed by atoms with Gasteiger partial charge in [0.1, 0.15) is 0 Å². The molecule has 0 spiro atoms. The summed E-state index contributed by atoms with van der Waals surface area (Å²) in [6.07, 6.45) is 0.935. The molecule has 152 valence electrons. The minimum atomic E-state index is -1.53. The minimum absolute atomic E-state index is 0.245. The Balaban J connectivity index is -0.000000320. The van der Waals surface area contributed by atoms with Crippen LogP contribution in [0.4, 0.5) is 0 Å². The molecule has 0 saturated carbocycles. The number of rotatable bonds is 8. The third-order valence-electron chi connectivity index (χ3n) is 2.88. The van der Waals surface area contributed by atoms with E-state index in [0.29, 0.717) is 12.2 Å². The number of hydrogen-bond acceptors (Lipinski definition) is 8. The van der Waals surface area contributed by atoms with Gasteiger partial charge in [-0.2, -0.15) is 0 Å². The molecule has 0 aliphatic carbocycles. The van der Waals surface area contributed by atoms with Gasteiger partial charge in [0.2, 0.25) is 0 Å². The van der Waals surface area contributed by atoms with E-state index in [9.17, 15) is 39.6 Å². The quantitative estimate of drug-likeness (QED) is 0.260. The summed E-state index contributed by atoms with van der Waals surface area (Å²) in [6, 6.07) is 0. The van der Waals surface area contributed by atoms with Gasteiger partial charge in [-0.15, -0.1) is 0 Å². The van der Waals surface area contributed by atoms with Gasteiger partial charge in [-0.25, -0.2) is 0 Å². The van der Waals surface area contributed by atoms with Crippen molar-refractivity contribution in [1.82, 2.24) is 0 Å². The average molecular weight is 491 g/mol. The van der Waals surface area contributed by atoms with E-state index in [-0.39, 0.29) is 32.3 Å². The fraction of sp³-hybridized carbons (Fsp3) is 0.556. The van der Waals surface area contributed by atoms with Crippen molar-refractivity contribution in [2.24, 2.45) is 11.8 Å². The number of carbonyl (C=O) groups excluding carboxylic acids is 4. The molecule has 0 unspecified atom stereocenters. The zero-order valence-corrected chi connectivity index (χ0v) is 20.7. The molecule has 8 nitrogen and oxygen atoms in total. The van der Waals surface area contributed by atoms with Gasteiger partial charge in [0.15, 0.2) is 0 Å². The normalized spacial score (nSPS) is 11.1. The SMILES string of the molecule is C/C(=C/C(=O)[O-])C(=O)[O-].C/C(=C/C(=O)[O-])C(=O)[O-].CC(C)[CH2][SnH2+4][CH2]C(C)C. The summed E-state index contributed by atoms with van der Waals surface area (Å²) in [5.74, 6) is -4.09. The molecule has 0 atom stereocenters. The summed E-state index contributed by atoms with van der Waals surface area (Å²) in [4.78, 5) is 38.8. The summed E-state index contributed by atoms with van der Waals surface area (Å²) in [6.45, 7) is 11.6. The summed E-state index contributed by atoms with van der Waals surface area (Å²) in [5.41, 5.74) is -0.704. The first-order valence-electron chi connectivity index (χ1n) is 8.41. The topological polar surface area (TPSA) is 161 Å². The Kier molecular flexibility index (Phi) is 19.5. The standard InChI is InChI=1S/2C5H6O4.2C4H9.Sn.2H/c2*1-3(5(8)9)2-4(6)7;2*1-4(2)3;;;/h2*2H,1H3,(H,6,7)(H,8,9);2*4H,1H2,2-3H3;;;/q;;;;+4;;/p-4/b2*3-2-;;;;;. The molecule has 0 rings (SSSR count). The second kappa shape index (κ2) is 17.6. The van der Waals surface area contributed by atoms with Crippen molar-refractivity contribution < 1.29 is 39.6 Å². The third kappa shape index (κ3) is 29.2. The van der Waals surface area contributed by atoms with Gasteiger partial charge >= 0.3 is 69.5 Å². The molecule has 0 aromatic rings. The number of carboxylic acids is 4. The predicted octanol–water partition coefficient (Wildman–Crippen LogP) is -2.83. The van der Waals surface area contributed by atoms with Crippen molar-refractivity contribution in [1.29, 1.82) is 0 Å². The van der Waals surface area contributed by atoms with E-state index in [0.717, 1.165) is 25.7 Å². The average Bonchev–Trinajstić information content (AvgIpc) is 2.46. The van der Waals surface area contributed by atoms with Crippen LogP contribution in [0.5, 0.6) is 0 Å². The first-order chi connectivity index (χ1) is 12.2. The third-order valence-corrected chi connectivity index (χ3v) is 11.8. The molecule has 0 fully saturated rings. The van der Waals surface area contributed by atoms with E-state index >= 15 is 0 Å². The fourth-order valence-corrected chi connectivity index (χ4v) is 6.74. The first-order valence-corrected chi connectivity index (χ1v) is 14.1. The van der Waals surface area contributed by atoms with Gasteiger partial charge in [-0.05, 0) is 37.1 Å². The van der Waals surface area contributed by atoms with Crippen LogP contribution in [0.25, 0.3) is 0 Å². The predicted molar refractivity (Wildman–Crippen MR) is 95.4 cm³/mol. The van der Waals surface area contributed by atoms with Crippen molar-refractivity contribution in [2.75, 3.05) is 0 Å².